The average Bonchev–Trinajstić information content (AvgIpc) is 2.55. The SMILES string of the molecule is C[C@H](Cc1cccc(CCNC(=O)O)c1)N[C@H](C)c1ccccc1. The van der Waals surface area contributed by atoms with Crippen LogP contribution in [-0.2, 0) is 12.8 Å². The molecule has 0 unspecified atom stereocenters. The topological polar surface area (TPSA) is 61.4 Å². The lowest BCUT2D eigenvalue weighted by molar-refractivity contribution is 0.194. The number of amides is 1. The third-order valence-electron chi connectivity index (χ3n) is 4.06. The van der Waals surface area contributed by atoms with Crippen molar-refractivity contribution in [1.29, 1.82) is 0 Å². The van der Waals surface area contributed by atoms with Crippen LogP contribution in [0.3, 0.4) is 0 Å². The standard InChI is InChI=1S/C20H26N2O2/c1-15(22-16(2)19-9-4-3-5-10-19)13-18-8-6-7-17(14-18)11-12-21-20(23)24/h3-10,14-16,21-22H,11-13H2,1-2H3,(H,23,24)/t15-,16-/m1/s1. The molecule has 4 nitrogen and oxygen atoms in total. The second-order valence-electron chi connectivity index (χ2n) is 6.21. The van der Waals surface area contributed by atoms with E-state index in [1.54, 1.807) is 0 Å². The molecule has 0 aromatic heterocycles. The zero-order valence-electron chi connectivity index (χ0n) is 14.3. The van der Waals surface area contributed by atoms with Crippen LogP contribution in [0.15, 0.2) is 54.6 Å². The number of rotatable bonds is 8. The van der Waals surface area contributed by atoms with Crippen molar-refractivity contribution in [2.75, 3.05) is 6.54 Å². The maximum absolute atomic E-state index is 10.5. The Morgan fingerprint density at radius 3 is 2.46 bits per heavy atom. The van der Waals surface area contributed by atoms with Crippen LogP contribution in [0.5, 0.6) is 0 Å². The van der Waals surface area contributed by atoms with Crippen LogP contribution in [0, 0.1) is 0 Å². The summed E-state index contributed by atoms with van der Waals surface area (Å²) in [7, 11) is 0. The lowest BCUT2D eigenvalue weighted by Gasteiger charge is -2.20. The zero-order valence-corrected chi connectivity index (χ0v) is 14.3. The molecule has 3 N–H and O–H groups in total. The van der Waals surface area contributed by atoms with Gasteiger partial charge in [0.2, 0.25) is 0 Å². The van der Waals surface area contributed by atoms with Gasteiger partial charge in [0, 0.05) is 18.6 Å². The van der Waals surface area contributed by atoms with E-state index in [4.69, 9.17) is 5.11 Å². The van der Waals surface area contributed by atoms with Gasteiger partial charge in [0.05, 0.1) is 0 Å². The van der Waals surface area contributed by atoms with E-state index >= 15 is 0 Å². The summed E-state index contributed by atoms with van der Waals surface area (Å²) in [5.74, 6) is 0. The molecule has 24 heavy (non-hydrogen) atoms. The summed E-state index contributed by atoms with van der Waals surface area (Å²) in [5.41, 5.74) is 3.71. The highest BCUT2D eigenvalue weighted by Gasteiger charge is 2.10. The highest BCUT2D eigenvalue weighted by molar-refractivity contribution is 5.64. The fourth-order valence-electron chi connectivity index (χ4n) is 2.90. The van der Waals surface area contributed by atoms with Crippen molar-refractivity contribution in [3.8, 4) is 0 Å². The van der Waals surface area contributed by atoms with E-state index in [0.29, 0.717) is 25.0 Å². The summed E-state index contributed by atoms with van der Waals surface area (Å²) >= 11 is 0. The molecule has 128 valence electrons. The first-order valence-corrected chi connectivity index (χ1v) is 8.40. The van der Waals surface area contributed by atoms with Crippen LogP contribution >= 0.6 is 0 Å². The van der Waals surface area contributed by atoms with E-state index in [1.165, 1.54) is 11.1 Å². The summed E-state index contributed by atoms with van der Waals surface area (Å²) in [5, 5.41) is 14.7. The van der Waals surface area contributed by atoms with Crippen LogP contribution < -0.4 is 10.6 Å². The molecule has 2 atom stereocenters. The lowest BCUT2D eigenvalue weighted by atomic mass is 10.0. The van der Waals surface area contributed by atoms with Gasteiger partial charge in [-0.2, -0.15) is 0 Å². The molecule has 1 amide bonds. The first-order valence-electron chi connectivity index (χ1n) is 8.40. The first-order chi connectivity index (χ1) is 11.5. The van der Waals surface area contributed by atoms with Crippen molar-refractivity contribution >= 4 is 6.09 Å². The maximum atomic E-state index is 10.5. The van der Waals surface area contributed by atoms with Gasteiger partial charge in [-0.1, -0.05) is 54.6 Å². The second-order valence-corrected chi connectivity index (χ2v) is 6.21. The van der Waals surface area contributed by atoms with E-state index in [9.17, 15) is 4.79 Å². The number of nitrogens with one attached hydrogen (secondary N) is 2. The van der Waals surface area contributed by atoms with Gasteiger partial charge in [-0.3, -0.25) is 0 Å². The molecule has 2 aromatic rings. The van der Waals surface area contributed by atoms with Crippen LogP contribution in [0.1, 0.15) is 36.6 Å². The Morgan fingerprint density at radius 2 is 1.75 bits per heavy atom. The minimum atomic E-state index is -0.973. The molecule has 0 saturated carbocycles. The van der Waals surface area contributed by atoms with Crippen molar-refractivity contribution in [3.05, 3.63) is 71.3 Å². The Labute approximate surface area is 143 Å². The van der Waals surface area contributed by atoms with Crippen LogP contribution in [0.2, 0.25) is 0 Å². The van der Waals surface area contributed by atoms with Crippen LogP contribution in [-0.4, -0.2) is 23.8 Å². The molecule has 0 aliphatic carbocycles. The van der Waals surface area contributed by atoms with E-state index in [2.05, 4.69) is 60.9 Å². The lowest BCUT2D eigenvalue weighted by Crippen LogP contribution is -2.30. The molecule has 0 aliphatic heterocycles. The molecular formula is C20H26N2O2. The summed E-state index contributed by atoms with van der Waals surface area (Å²) in [4.78, 5) is 10.5. The molecular weight excluding hydrogens is 300 g/mol. The minimum absolute atomic E-state index is 0.309. The Kier molecular flexibility index (Phi) is 6.82. The highest BCUT2D eigenvalue weighted by atomic mass is 16.4. The normalized spacial score (nSPS) is 13.2. The predicted octanol–water partition coefficient (Wildman–Crippen LogP) is 3.78. The smallest absolute Gasteiger partial charge is 0.404 e. The zero-order chi connectivity index (χ0) is 17.4. The molecule has 0 aliphatic rings. The van der Waals surface area contributed by atoms with Gasteiger partial charge in [-0.25, -0.2) is 4.79 Å². The van der Waals surface area contributed by atoms with Gasteiger partial charge < -0.3 is 15.7 Å². The molecule has 2 rings (SSSR count). The van der Waals surface area contributed by atoms with Crippen molar-refractivity contribution in [1.82, 2.24) is 10.6 Å². The van der Waals surface area contributed by atoms with Gasteiger partial charge in [0.25, 0.3) is 0 Å². The number of benzene rings is 2. The fraction of sp³-hybridized carbons (Fsp3) is 0.350. The summed E-state index contributed by atoms with van der Waals surface area (Å²) < 4.78 is 0. The minimum Gasteiger partial charge on any atom is -0.465 e. The third-order valence-corrected chi connectivity index (χ3v) is 4.06. The van der Waals surface area contributed by atoms with Gasteiger partial charge in [-0.05, 0) is 43.4 Å². The van der Waals surface area contributed by atoms with Gasteiger partial charge in [-0.15, -0.1) is 0 Å². The van der Waals surface area contributed by atoms with Gasteiger partial charge >= 0.3 is 6.09 Å². The maximum Gasteiger partial charge on any atom is 0.404 e. The average molecular weight is 326 g/mol. The molecule has 2 aromatic carbocycles. The fourth-order valence-corrected chi connectivity index (χ4v) is 2.90. The Hall–Kier alpha value is -2.33. The largest absolute Gasteiger partial charge is 0.465 e. The van der Waals surface area contributed by atoms with Crippen LogP contribution in [0.25, 0.3) is 0 Å². The summed E-state index contributed by atoms with van der Waals surface area (Å²) in [6, 6.07) is 19.5. The molecule has 0 spiro atoms. The van der Waals surface area contributed by atoms with E-state index < -0.39 is 6.09 Å². The predicted molar refractivity (Wildman–Crippen MR) is 97.3 cm³/mol. The third kappa shape index (κ3) is 6.05. The van der Waals surface area contributed by atoms with Crippen molar-refractivity contribution in [2.45, 2.75) is 38.8 Å². The molecule has 0 saturated heterocycles. The second kappa shape index (κ2) is 9.08. The van der Waals surface area contributed by atoms with Crippen molar-refractivity contribution in [3.63, 3.8) is 0 Å². The monoisotopic (exact) mass is 326 g/mol. The summed E-state index contributed by atoms with van der Waals surface area (Å²) in [6.45, 7) is 4.82. The van der Waals surface area contributed by atoms with E-state index in [1.807, 2.05) is 18.2 Å². The van der Waals surface area contributed by atoms with Gasteiger partial charge in [0.1, 0.15) is 0 Å². The number of hydrogen-bond acceptors (Lipinski definition) is 2. The molecule has 0 heterocycles. The number of carboxylic acid groups (broad SMARTS) is 1. The number of carbonyl (C=O) groups is 1. The molecule has 0 bridgehead atoms. The number of hydrogen-bond donors (Lipinski definition) is 3. The first kappa shape index (κ1) is 18.0. The Bertz CT molecular complexity index is 643. The van der Waals surface area contributed by atoms with E-state index in [-0.39, 0.29) is 0 Å². The quantitative estimate of drug-likeness (QED) is 0.692. The van der Waals surface area contributed by atoms with Gasteiger partial charge in [0.15, 0.2) is 0 Å². The van der Waals surface area contributed by atoms with Crippen molar-refractivity contribution < 1.29 is 9.90 Å². The highest BCUT2D eigenvalue weighted by Crippen LogP contribution is 2.14. The van der Waals surface area contributed by atoms with E-state index in [0.717, 1.165) is 12.0 Å². The molecule has 4 heteroatoms. The summed E-state index contributed by atoms with van der Waals surface area (Å²) in [6.07, 6.45) is 0.679. The Morgan fingerprint density at radius 1 is 1.04 bits per heavy atom. The van der Waals surface area contributed by atoms with Crippen molar-refractivity contribution in [2.24, 2.45) is 0 Å². The Balaban J connectivity index is 1.87. The molecule has 0 fully saturated rings. The molecule has 0 radical (unpaired) electrons. The van der Waals surface area contributed by atoms with Crippen LogP contribution in [0.4, 0.5) is 4.79 Å².